The van der Waals surface area contributed by atoms with Gasteiger partial charge in [0.05, 0.1) is 5.69 Å². The number of nitrogens with one attached hydrogen (secondary N) is 1. The molecule has 4 heterocycles. The van der Waals surface area contributed by atoms with Gasteiger partial charge in [0.1, 0.15) is 0 Å². The summed E-state index contributed by atoms with van der Waals surface area (Å²) in [6, 6.07) is 3.81. The summed E-state index contributed by atoms with van der Waals surface area (Å²) in [4.78, 5) is 5.26. The number of nitrogens with zero attached hydrogens (tertiary/aromatic N) is 4. The lowest BCUT2D eigenvalue weighted by molar-refractivity contribution is -0.00217. The van der Waals surface area contributed by atoms with Crippen molar-refractivity contribution in [2.24, 2.45) is 0 Å². The average molecular weight is 291 g/mol. The maximum absolute atomic E-state index is 4.77. The molecule has 0 spiro atoms. The molecule has 5 heteroatoms. The van der Waals surface area contributed by atoms with Crippen molar-refractivity contribution in [1.29, 1.82) is 0 Å². The van der Waals surface area contributed by atoms with E-state index in [1.807, 2.05) is 0 Å². The monoisotopic (exact) mass is 291 g/mol. The van der Waals surface area contributed by atoms with Crippen LogP contribution in [-0.4, -0.2) is 71.4 Å². The largest absolute Gasteiger partial charge is 0.315 e. The smallest absolute Gasteiger partial charge is 0.0640 e. The summed E-state index contributed by atoms with van der Waals surface area (Å²) in [5.41, 5.74) is 1.22. The van der Waals surface area contributed by atoms with E-state index in [1.54, 1.807) is 0 Å². The van der Waals surface area contributed by atoms with Crippen molar-refractivity contribution in [2.45, 2.75) is 44.8 Å². The molecule has 3 aliphatic rings. The van der Waals surface area contributed by atoms with Crippen LogP contribution in [0.15, 0.2) is 12.3 Å². The minimum Gasteiger partial charge on any atom is -0.315 e. The van der Waals surface area contributed by atoms with Crippen LogP contribution in [0.3, 0.4) is 0 Å². The number of piperazine rings is 3. The average Bonchev–Trinajstić information content (AvgIpc) is 3.01. The normalized spacial score (nSPS) is 31.3. The first-order valence-electron chi connectivity index (χ1n) is 8.39. The molecule has 2 bridgehead atoms. The molecule has 3 unspecified atom stereocenters. The fourth-order valence-electron chi connectivity index (χ4n) is 3.61. The Labute approximate surface area is 128 Å². The number of aromatic nitrogens is 2. The molecule has 1 N–H and O–H groups in total. The lowest BCUT2D eigenvalue weighted by atomic mass is 9.96. The molecule has 5 nitrogen and oxygen atoms in total. The van der Waals surface area contributed by atoms with Gasteiger partial charge in [-0.3, -0.25) is 14.5 Å². The number of likely N-dealkylation sites (N-methyl/N-ethyl adjacent to an activating group) is 1. The van der Waals surface area contributed by atoms with Crippen LogP contribution >= 0.6 is 0 Å². The summed E-state index contributed by atoms with van der Waals surface area (Å²) in [5.74, 6) is 0. The lowest BCUT2D eigenvalue weighted by Gasteiger charge is -2.50. The van der Waals surface area contributed by atoms with Gasteiger partial charge in [-0.1, -0.05) is 6.92 Å². The molecule has 1 aromatic rings. The summed E-state index contributed by atoms with van der Waals surface area (Å²) in [6.45, 7) is 10.6. The van der Waals surface area contributed by atoms with Crippen molar-refractivity contribution in [3.8, 4) is 0 Å². The number of hydrogen-bond donors (Lipinski definition) is 1. The Balaban J connectivity index is 1.65. The molecule has 3 saturated heterocycles. The van der Waals surface area contributed by atoms with E-state index in [1.165, 1.54) is 38.4 Å². The standard InChI is InChI=1S/C16H29N5/c1-4-13(2)21-6-5-14(18-21)11-15(17-3)16-12-19-7-9-20(16)10-8-19/h5-6,13,15-17H,4,7-12H2,1-3H3. The van der Waals surface area contributed by atoms with E-state index in [0.29, 0.717) is 18.1 Å². The van der Waals surface area contributed by atoms with Crippen molar-refractivity contribution >= 4 is 0 Å². The van der Waals surface area contributed by atoms with E-state index in [9.17, 15) is 0 Å². The fourth-order valence-corrected chi connectivity index (χ4v) is 3.61. The van der Waals surface area contributed by atoms with Gasteiger partial charge in [0.15, 0.2) is 0 Å². The third-order valence-corrected chi connectivity index (χ3v) is 5.29. The Hall–Kier alpha value is -0.910. The Bertz CT molecular complexity index is 449. The first-order chi connectivity index (χ1) is 10.2. The van der Waals surface area contributed by atoms with E-state index >= 15 is 0 Å². The molecule has 3 atom stereocenters. The molecule has 0 aromatic carbocycles. The second-order valence-electron chi connectivity index (χ2n) is 6.55. The van der Waals surface area contributed by atoms with Gasteiger partial charge in [-0.25, -0.2) is 0 Å². The Morgan fingerprint density at radius 2 is 2.10 bits per heavy atom. The van der Waals surface area contributed by atoms with Gasteiger partial charge >= 0.3 is 0 Å². The number of hydrogen-bond acceptors (Lipinski definition) is 4. The summed E-state index contributed by atoms with van der Waals surface area (Å²) >= 11 is 0. The van der Waals surface area contributed by atoms with Crippen molar-refractivity contribution in [3.05, 3.63) is 18.0 Å². The third-order valence-electron chi connectivity index (χ3n) is 5.29. The van der Waals surface area contributed by atoms with Crippen LogP contribution in [0.5, 0.6) is 0 Å². The first-order valence-corrected chi connectivity index (χ1v) is 8.39. The third kappa shape index (κ3) is 3.15. The zero-order chi connectivity index (χ0) is 14.8. The Morgan fingerprint density at radius 3 is 2.67 bits per heavy atom. The number of fused-ring (bicyclic) bond motifs is 3. The number of rotatable bonds is 6. The van der Waals surface area contributed by atoms with Gasteiger partial charge < -0.3 is 5.32 Å². The van der Waals surface area contributed by atoms with Crippen LogP contribution in [0.2, 0.25) is 0 Å². The predicted octanol–water partition coefficient (Wildman–Crippen LogP) is 0.984. The van der Waals surface area contributed by atoms with Crippen molar-refractivity contribution < 1.29 is 0 Å². The van der Waals surface area contributed by atoms with Gasteiger partial charge in [-0.2, -0.15) is 5.10 Å². The van der Waals surface area contributed by atoms with Gasteiger partial charge in [0.25, 0.3) is 0 Å². The molecule has 21 heavy (non-hydrogen) atoms. The Morgan fingerprint density at radius 1 is 1.33 bits per heavy atom. The van der Waals surface area contributed by atoms with Crippen molar-refractivity contribution in [1.82, 2.24) is 24.9 Å². The van der Waals surface area contributed by atoms with Crippen LogP contribution in [0.25, 0.3) is 0 Å². The van der Waals surface area contributed by atoms with Crippen LogP contribution in [0.1, 0.15) is 32.0 Å². The van der Waals surface area contributed by atoms with E-state index in [-0.39, 0.29) is 0 Å². The highest BCUT2D eigenvalue weighted by Gasteiger charge is 2.36. The molecule has 0 saturated carbocycles. The van der Waals surface area contributed by atoms with Crippen LogP contribution in [0.4, 0.5) is 0 Å². The maximum atomic E-state index is 4.77. The molecule has 0 radical (unpaired) electrons. The first kappa shape index (κ1) is 15.0. The highest BCUT2D eigenvalue weighted by Crippen LogP contribution is 2.20. The minimum atomic E-state index is 0.493. The van der Waals surface area contributed by atoms with Gasteiger partial charge in [-0.05, 0) is 26.5 Å². The molecule has 3 fully saturated rings. The summed E-state index contributed by atoms with van der Waals surface area (Å²) in [7, 11) is 2.09. The molecular weight excluding hydrogens is 262 g/mol. The van der Waals surface area contributed by atoms with Crippen LogP contribution in [-0.2, 0) is 6.42 Å². The fraction of sp³-hybridized carbons (Fsp3) is 0.812. The highest BCUT2D eigenvalue weighted by atomic mass is 15.4. The SMILES string of the molecule is CCC(C)n1ccc(CC(NC)C2CN3CCN2CC3)n1. The molecule has 1 aromatic heterocycles. The summed E-state index contributed by atoms with van der Waals surface area (Å²) in [5, 5.41) is 8.31. The minimum absolute atomic E-state index is 0.493. The van der Waals surface area contributed by atoms with Gasteiger partial charge in [0.2, 0.25) is 0 Å². The molecule has 0 amide bonds. The zero-order valence-electron chi connectivity index (χ0n) is 13.6. The molecule has 3 aliphatic heterocycles. The lowest BCUT2D eigenvalue weighted by Crippen LogP contribution is -2.66. The van der Waals surface area contributed by atoms with Crippen LogP contribution in [0, 0.1) is 0 Å². The van der Waals surface area contributed by atoms with Crippen molar-refractivity contribution in [3.63, 3.8) is 0 Å². The second kappa shape index (κ2) is 6.46. The molecule has 0 aliphatic carbocycles. The Kier molecular flexibility index (Phi) is 4.62. The molecule has 118 valence electrons. The van der Waals surface area contributed by atoms with Gasteiger partial charge in [-0.15, -0.1) is 0 Å². The molecule has 4 rings (SSSR count). The summed E-state index contributed by atoms with van der Waals surface area (Å²) in [6.07, 6.45) is 4.28. The second-order valence-corrected chi connectivity index (χ2v) is 6.55. The zero-order valence-corrected chi connectivity index (χ0v) is 13.6. The van der Waals surface area contributed by atoms with Gasteiger partial charge in [0, 0.05) is 63.5 Å². The highest BCUT2D eigenvalue weighted by molar-refractivity contribution is 5.06. The van der Waals surface area contributed by atoms with E-state index in [0.717, 1.165) is 12.8 Å². The summed E-state index contributed by atoms with van der Waals surface area (Å²) < 4.78 is 2.11. The van der Waals surface area contributed by atoms with E-state index in [2.05, 4.69) is 53.0 Å². The molecular formula is C16H29N5. The van der Waals surface area contributed by atoms with Crippen LogP contribution < -0.4 is 5.32 Å². The topological polar surface area (TPSA) is 36.3 Å². The van der Waals surface area contributed by atoms with E-state index in [4.69, 9.17) is 5.10 Å². The van der Waals surface area contributed by atoms with Crippen molar-refractivity contribution in [2.75, 3.05) is 39.8 Å². The van der Waals surface area contributed by atoms with E-state index < -0.39 is 0 Å². The maximum Gasteiger partial charge on any atom is 0.0640 e. The quantitative estimate of drug-likeness (QED) is 0.848. The predicted molar refractivity (Wildman–Crippen MR) is 85.6 cm³/mol.